The van der Waals surface area contributed by atoms with Crippen molar-refractivity contribution >= 4 is 17.5 Å². The van der Waals surface area contributed by atoms with Crippen LogP contribution in [0.15, 0.2) is 0 Å². The van der Waals surface area contributed by atoms with Gasteiger partial charge in [-0.15, -0.1) is 0 Å². The predicted octanol–water partition coefficient (Wildman–Crippen LogP) is 4.13. The van der Waals surface area contributed by atoms with E-state index in [0.29, 0.717) is 6.42 Å². The molecular weight excluding hydrogens is 370 g/mol. The summed E-state index contributed by atoms with van der Waals surface area (Å²) in [4.78, 5) is 35.6. The van der Waals surface area contributed by atoms with Crippen molar-refractivity contribution in [3.8, 4) is 0 Å². The van der Waals surface area contributed by atoms with Crippen molar-refractivity contribution in [3.05, 3.63) is 0 Å². The molecule has 0 aliphatic carbocycles. The van der Waals surface area contributed by atoms with Crippen molar-refractivity contribution in [2.75, 3.05) is 27.7 Å². The van der Waals surface area contributed by atoms with E-state index >= 15 is 0 Å². The van der Waals surface area contributed by atoms with Crippen LogP contribution in [0.4, 0.5) is 0 Å². The summed E-state index contributed by atoms with van der Waals surface area (Å²) in [6, 6.07) is 0. The lowest BCUT2D eigenvalue weighted by molar-refractivity contribution is -0.875. The van der Waals surface area contributed by atoms with Crippen LogP contribution in [-0.2, 0) is 14.4 Å². The Kier molecular flexibility index (Phi) is 14.0. The first kappa shape index (κ1) is 27.7. The maximum absolute atomic E-state index is 12.4. The second kappa shape index (κ2) is 14.7. The molecule has 170 valence electrons. The number of quaternary nitrogens is 1. The molecular formula is C23H44NO5+. The van der Waals surface area contributed by atoms with Crippen LogP contribution in [0.5, 0.6) is 0 Å². The predicted molar refractivity (Wildman–Crippen MR) is 116 cm³/mol. The van der Waals surface area contributed by atoms with Crippen molar-refractivity contribution in [1.29, 1.82) is 0 Å². The molecule has 0 aliphatic heterocycles. The van der Waals surface area contributed by atoms with E-state index in [-0.39, 0.29) is 23.2 Å². The number of aliphatic hydroxyl groups is 1. The molecule has 0 radical (unpaired) electrons. The van der Waals surface area contributed by atoms with Gasteiger partial charge < -0.3 is 14.7 Å². The van der Waals surface area contributed by atoms with Crippen molar-refractivity contribution in [1.82, 2.24) is 0 Å². The van der Waals surface area contributed by atoms with E-state index in [1.165, 1.54) is 51.4 Å². The monoisotopic (exact) mass is 414 g/mol. The van der Waals surface area contributed by atoms with Crippen LogP contribution in [0.2, 0.25) is 0 Å². The number of Topliss-reactive ketones (excluding diaryl/α,β-unsaturated/α-hetero) is 2. The third kappa shape index (κ3) is 15.3. The number of aliphatic carboxylic acids is 1. The molecule has 1 atom stereocenters. The molecule has 0 saturated heterocycles. The summed E-state index contributed by atoms with van der Waals surface area (Å²) < 4.78 is 0.238. The number of ketones is 2. The van der Waals surface area contributed by atoms with Gasteiger partial charge in [0.25, 0.3) is 0 Å². The number of carboxylic acids is 1. The van der Waals surface area contributed by atoms with E-state index in [1.54, 1.807) is 21.1 Å². The van der Waals surface area contributed by atoms with Crippen molar-refractivity contribution in [3.63, 3.8) is 0 Å². The van der Waals surface area contributed by atoms with Crippen molar-refractivity contribution < 1.29 is 29.1 Å². The van der Waals surface area contributed by atoms with Gasteiger partial charge in [0, 0.05) is 6.42 Å². The number of hydrogen-bond acceptors (Lipinski definition) is 4. The van der Waals surface area contributed by atoms with Crippen LogP contribution in [0.25, 0.3) is 0 Å². The van der Waals surface area contributed by atoms with E-state index in [1.807, 2.05) is 0 Å². The van der Waals surface area contributed by atoms with E-state index < -0.39 is 23.8 Å². The number of carboxylic acid groups (broad SMARTS) is 1. The first-order chi connectivity index (χ1) is 13.5. The summed E-state index contributed by atoms with van der Waals surface area (Å²) in [7, 11) is 5.31. The zero-order valence-corrected chi connectivity index (χ0v) is 19.2. The number of carbonyl (C=O) groups excluding carboxylic acids is 2. The first-order valence-corrected chi connectivity index (χ1v) is 11.3. The molecule has 0 aromatic carbocycles. The Morgan fingerprint density at radius 1 is 0.793 bits per heavy atom. The highest BCUT2D eigenvalue weighted by Crippen LogP contribution is 2.19. The maximum Gasteiger partial charge on any atom is 0.306 e. The van der Waals surface area contributed by atoms with Gasteiger partial charge in [-0.1, -0.05) is 71.1 Å². The summed E-state index contributed by atoms with van der Waals surface area (Å²) in [5.74, 6) is -2.13. The maximum atomic E-state index is 12.4. The molecule has 0 aliphatic rings. The van der Waals surface area contributed by atoms with Gasteiger partial charge in [0.2, 0.25) is 0 Å². The van der Waals surface area contributed by atoms with Crippen molar-refractivity contribution in [2.45, 2.75) is 102 Å². The van der Waals surface area contributed by atoms with E-state index in [0.717, 1.165) is 19.3 Å². The second-order valence-electron chi connectivity index (χ2n) is 9.47. The fourth-order valence-electron chi connectivity index (χ4n) is 3.70. The van der Waals surface area contributed by atoms with E-state index in [4.69, 9.17) is 5.11 Å². The topological polar surface area (TPSA) is 91.7 Å². The third-order valence-corrected chi connectivity index (χ3v) is 5.12. The first-order valence-electron chi connectivity index (χ1n) is 11.3. The highest BCUT2D eigenvalue weighted by atomic mass is 16.4. The highest BCUT2D eigenvalue weighted by molar-refractivity contribution is 6.04. The normalized spacial score (nSPS) is 13.8. The average molecular weight is 415 g/mol. The Hall–Kier alpha value is -1.27. The fourth-order valence-corrected chi connectivity index (χ4v) is 3.70. The Balaban J connectivity index is 4.07. The fraction of sp³-hybridized carbons (Fsp3) is 0.870. The van der Waals surface area contributed by atoms with Gasteiger partial charge in [0.15, 0.2) is 11.4 Å². The van der Waals surface area contributed by atoms with Crippen LogP contribution < -0.4 is 0 Å². The largest absolute Gasteiger partial charge is 0.481 e. The highest BCUT2D eigenvalue weighted by Gasteiger charge is 2.43. The molecule has 0 aromatic heterocycles. The number of likely N-dealkylation sites (N-methyl/N-ethyl adjacent to an activating group) is 1. The molecule has 0 bridgehead atoms. The Morgan fingerprint density at radius 2 is 1.24 bits per heavy atom. The van der Waals surface area contributed by atoms with Crippen LogP contribution >= 0.6 is 0 Å². The van der Waals surface area contributed by atoms with Gasteiger partial charge in [0.1, 0.15) is 12.3 Å². The van der Waals surface area contributed by atoms with Gasteiger partial charge in [-0.25, -0.2) is 0 Å². The van der Waals surface area contributed by atoms with Gasteiger partial charge in [-0.05, 0) is 6.42 Å². The van der Waals surface area contributed by atoms with E-state index in [2.05, 4.69) is 6.92 Å². The van der Waals surface area contributed by atoms with Gasteiger partial charge in [-0.2, -0.15) is 0 Å². The molecule has 0 aromatic rings. The number of rotatable bonds is 19. The summed E-state index contributed by atoms with van der Waals surface area (Å²) in [5, 5.41) is 19.6. The second-order valence-corrected chi connectivity index (χ2v) is 9.47. The Labute approximate surface area is 177 Å². The molecule has 29 heavy (non-hydrogen) atoms. The smallest absolute Gasteiger partial charge is 0.306 e. The van der Waals surface area contributed by atoms with Crippen LogP contribution in [0.1, 0.15) is 96.8 Å². The summed E-state index contributed by atoms with van der Waals surface area (Å²) in [6.45, 7) is 2.19. The minimum atomic E-state index is -2.00. The zero-order valence-electron chi connectivity index (χ0n) is 19.2. The summed E-state index contributed by atoms with van der Waals surface area (Å²) in [6.07, 6.45) is 12.4. The molecule has 1 unspecified atom stereocenters. The zero-order chi connectivity index (χ0) is 22.3. The molecule has 0 heterocycles. The molecule has 0 saturated carbocycles. The molecule has 0 spiro atoms. The number of unbranched alkanes of at least 4 members (excludes halogenated alkanes) is 10. The third-order valence-electron chi connectivity index (χ3n) is 5.12. The molecule has 0 rings (SSSR count). The lowest BCUT2D eigenvalue weighted by Crippen LogP contribution is -2.55. The number of carbonyl (C=O) groups is 3. The molecule has 6 nitrogen and oxygen atoms in total. The minimum Gasteiger partial charge on any atom is -0.481 e. The van der Waals surface area contributed by atoms with Crippen LogP contribution in [0, 0.1) is 0 Å². The Bertz CT molecular complexity index is 498. The van der Waals surface area contributed by atoms with Crippen molar-refractivity contribution in [2.24, 2.45) is 0 Å². The quantitative estimate of drug-likeness (QED) is 0.188. The van der Waals surface area contributed by atoms with Gasteiger partial charge >= 0.3 is 5.97 Å². The summed E-state index contributed by atoms with van der Waals surface area (Å²) in [5.41, 5.74) is -2.00. The minimum absolute atomic E-state index is 0.0378. The average Bonchev–Trinajstić information content (AvgIpc) is 2.57. The molecule has 2 N–H and O–H groups in total. The lowest BCUT2D eigenvalue weighted by Gasteiger charge is -2.33. The van der Waals surface area contributed by atoms with Gasteiger partial charge in [-0.3, -0.25) is 14.4 Å². The van der Waals surface area contributed by atoms with Gasteiger partial charge in [0.05, 0.1) is 34.0 Å². The molecule has 6 heteroatoms. The molecule has 0 fully saturated rings. The molecule has 0 amide bonds. The number of nitrogens with zero attached hydrogens (tertiary/aromatic N) is 1. The SMILES string of the molecule is CCCCCCCCCCCCCC(=O)CC(=O)C(O)(CC(=O)O)C[N+](C)(C)C. The summed E-state index contributed by atoms with van der Waals surface area (Å²) >= 11 is 0. The number of hydrogen-bond donors (Lipinski definition) is 2. The van der Waals surface area contributed by atoms with Crippen LogP contribution in [0.3, 0.4) is 0 Å². The van der Waals surface area contributed by atoms with E-state index in [9.17, 15) is 19.5 Å². The standard InChI is InChI=1S/C23H43NO5/c1-5-6-7-8-9-10-11-12-13-14-15-16-20(25)17-21(26)23(29,18-22(27)28)19-24(2,3)4/h29H,5-19H2,1-4H3/p+1. The lowest BCUT2D eigenvalue weighted by atomic mass is 9.89. The van der Waals surface area contributed by atoms with Crippen LogP contribution in [-0.4, -0.2) is 65.5 Å². The Morgan fingerprint density at radius 3 is 1.66 bits per heavy atom.